The summed E-state index contributed by atoms with van der Waals surface area (Å²) in [6.45, 7) is 0. The first-order chi connectivity index (χ1) is 8.76. The number of esters is 1. The van der Waals surface area contributed by atoms with Crippen LogP contribution < -0.4 is 0 Å². The number of carbonyl (C=O) groups excluding carboxylic acids is 1. The molecule has 0 amide bonds. The molecule has 1 rings (SSSR count). The average Bonchev–Trinajstić information content (AvgIpc) is 2.30. The second kappa shape index (κ2) is 6.47. The first kappa shape index (κ1) is 16.1. The molecule has 0 unspecified atom stereocenters. The summed E-state index contributed by atoms with van der Waals surface area (Å²) in [6, 6.07) is 4.34. The molecule has 3 nitrogen and oxygen atoms in total. The Balaban J connectivity index is 3.26. The standard InChI is InChI=1S/C11H7F3INO2S/c1-18-10(17)4-7-8(15)2-6(5-16)3-9(7)19-11(12,13)14/h2-3H,4H2,1H3. The van der Waals surface area contributed by atoms with Crippen LogP contribution in [0, 0.1) is 14.9 Å². The van der Waals surface area contributed by atoms with E-state index in [-0.39, 0.29) is 34.2 Å². The van der Waals surface area contributed by atoms with Gasteiger partial charge in [0.1, 0.15) is 0 Å². The normalized spacial score (nSPS) is 10.9. The van der Waals surface area contributed by atoms with Crippen molar-refractivity contribution in [3.05, 3.63) is 26.8 Å². The number of halogens is 4. The number of hydrogen-bond acceptors (Lipinski definition) is 4. The first-order valence-corrected chi connectivity index (χ1v) is 6.71. The maximum absolute atomic E-state index is 12.5. The third-order valence-corrected chi connectivity index (χ3v) is 3.84. The molecule has 0 radical (unpaired) electrons. The van der Waals surface area contributed by atoms with Gasteiger partial charge in [-0.1, -0.05) is 0 Å². The molecule has 1 aromatic rings. The molecule has 0 aliphatic rings. The lowest BCUT2D eigenvalue weighted by Gasteiger charge is -2.12. The zero-order valence-electron chi connectivity index (χ0n) is 9.55. The van der Waals surface area contributed by atoms with Crippen LogP contribution in [0.4, 0.5) is 13.2 Å². The SMILES string of the molecule is COC(=O)Cc1c(I)cc(C#N)cc1SC(F)(F)F. The van der Waals surface area contributed by atoms with Gasteiger partial charge in [-0.15, -0.1) is 0 Å². The number of ether oxygens (including phenoxy) is 1. The van der Waals surface area contributed by atoms with Gasteiger partial charge in [0.2, 0.25) is 0 Å². The molecular weight excluding hydrogens is 394 g/mol. The predicted molar refractivity (Wildman–Crippen MR) is 71.5 cm³/mol. The lowest BCUT2D eigenvalue weighted by atomic mass is 10.1. The predicted octanol–water partition coefficient (Wildman–Crippen LogP) is 3.49. The van der Waals surface area contributed by atoms with E-state index in [4.69, 9.17) is 5.26 Å². The van der Waals surface area contributed by atoms with Gasteiger partial charge in [-0.3, -0.25) is 4.79 Å². The minimum atomic E-state index is -4.48. The molecule has 102 valence electrons. The van der Waals surface area contributed by atoms with Crippen LogP contribution >= 0.6 is 34.4 Å². The van der Waals surface area contributed by atoms with Crippen LogP contribution in [0.15, 0.2) is 17.0 Å². The quantitative estimate of drug-likeness (QED) is 0.442. The second-order valence-electron chi connectivity index (χ2n) is 3.35. The van der Waals surface area contributed by atoms with Gasteiger partial charge in [0.15, 0.2) is 0 Å². The Labute approximate surface area is 125 Å². The van der Waals surface area contributed by atoms with Crippen LogP contribution in [0.1, 0.15) is 11.1 Å². The molecule has 0 aromatic heterocycles. The summed E-state index contributed by atoms with van der Waals surface area (Å²) in [7, 11) is 1.16. The summed E-state index contributed by atoms with van der Waals surface area (Å²) >= 11 is 1.46. The molecule has 0 aliphatic carbocycles. The molecule has 19 heavy (non-hydrogen) atoms. The van der Waals surface area contributed by atoms with Crippen molar-refractivity contribution in [1.82, 2.24) is 0 Å². The summed E-state index contributed by atoms with van der Waals surface area (Å²) in [6.07, 6.45) is -0.265. The van der Waals surface area contributed by atoms with E-state index >= 15 is 0 Å². The highest BCUT2D eigenvalue weighted by molar-refractivity contribution is 14.1. The molecule has 0 spiro atoms. The van der Waals surface area contributed by atoms with Crippen molar-refractivity contribution in [2.75, 3.05) is 7.11 Å². The Bertz CT molecular complexity index is 540. The van der Waals surface area contributed by atoms with Gasteiger partial charge < -0.3 is 4.74 Å². The van der Waals surface area contributed by atoms with Gasteiger partial charge in [0.05, 0.1) is 25.2 Å². The summed E-state index contributed by atoms with van der Waals surface area (Å²) < 4.78 is 42.3. The molecule has 8 heteroatoms. The van der Waals surface area contributed by atoms with E-state index in [1.165, 1.54) is 6.07 Å². The fourth-order valence-electron chi connectivity index (χ4n) is 1.28. The molecule has 0 atom stereocenters. The van der Waals surface area contributed by atoms with E-state index < -0.39 is 11.5 Å². The van der Waals surface area contributed by atoms with Gasteiger partial charge in [-0.05, 0) is 52.0 Å². The highest BCUT2D eigenvalue weighted by atomic mass is 127. The van der Waals surface area contributed by atoms with Crippen LogP contribution in [-0.2, 0) is 16.0 Å². The Hall–Kier alpha value is -0.950. The van der Waals surface area contributed by atoms with Gasteiger partial charge in [-0.25, -0.2) is 0 Å². The topological polar surface area (TPSA) is 50.1 Å². The zero-order valence-corrected chi connectivity index (χ0v) is 12.5. The summed E-state index contributed by atoms with van der Waals surface area (Å²) in [5.41, 5.74) is -4.15. The highest BCUT2D eigenvalue weighted by Crippen LogP contribution is 2.40. The van der Waals surface area contributed by atoms with Crippen molar-refractivity contribution in [3.8, 4) is 6.07 Å². The number of hydrogen-bond donors (Lipinski definition) is 0. The van der Waals surface area contributed by atoms with E-state index in [0.717, 1.165) is 13.2 Å². The van der Waals surface area contributed by atoms with E-state index in [2.05, 4.69) is 4.74 Å². The van der Waals surface area contributed by atoms with E-state index in [0.29, 0.717) is 3.57 Å². The van der Waals surface area contributed by atoms with Gasteiger partial charge in [0.25, 0.3) is 0 Å². The monoisotopic (exact) mass is 401 g/mol. The number of nitriles is 1. The Morgan fingerprint density at radius 1 is 1.53 bits per heavy atom. The van der Waals surface area contributed by atoms with Crippen LogP contribution in [-0.4, -0.2) is 18.6 Å². The smallest absolute Gasteiger partial charge is 0.446 e. The van der Waals surface area contributed by atoms with Crippen LogP contribution in [0.3, 0.4) is 0 Å². The van der Waals surface area contributed by atoms with Gasteiger partial charge >= 0.3 is 11.5 Å². The molecule has 0 aliphatic heterocycles. The number of methoxy groups -OCH3 is 1. The number of thioether (sulfide) groups is 1. The fraction of sp³-hybridized carbons (Fsp3) is 0.273. The molecule has 0 fully saturated rings. The molecule has 0 saturated carbocycles. The van der Waals surface area contributed by atoms with Crippen molar-refractivity contribution in [1.29, 1.82) is 5.26 Å². The third kappa shape index (κ3) is 4.91. The van der Waals surface area contributed by atoms with Crippen LogP contribution in [0.2, 0.25) is 0 Å². The minimum absolute atomic E-state index is 0.116. The maximum atomic E-state index is 12.5. The van der Waals surface area contributed by atoms with E-state index in [1.54, 1.807) is 28.7 Å². The molecule has 0 heterocycles. The minimum Gasteiger partial charge on any atom is -0.469 e. The van der Waals surface area contributed by atoms with Crippen LogP contribution in [0.25, 0.3) is 0 Å². The molecule has 0 N–H and O–H groups in total. The van der Waals surface area contributed by atoms with Crippen molar-refractivity contribution in [2.45, 2.75) is 16.8 Å². The largest absolute Gasteiger partial charge is 0.469 e. The molecule has 1 aromatic carbocycles. The fourth-order valence-corrected chi connectivity index (χ4v) is 3.02. The molecular formula is C11H7F3INO2S. The summed E-state index contributed by atoms with van der Waals surface area (Å²) in [4.78, 5) is 11.1. The number of nitrogens with zero attached hydrogens (tertiary/aromatic N) is 1. The van der Waals surface area contributed by atoms with Crippen molar-refractivity contribution in [2.24, 2.45) is 0 Å². The zero-order chi connectivity index (χ0) is 14.6. The van der Waals surface area contributed by atoms with Gasteiger partial charge in [-0.2, -0.15) is 18.4 Å². The average molecular weight is 401 g/mol. The number of benzene rings is 1. The Kier molecular flexibility index (Phi) is 5.49. The highest BCUT2D eigenvalue weighted by Gasteiger charge is 2.31. The third-order valence-electron chi connectivity index (χ3n) is 2.06. The van der Waals surface area contributed by atoms with Crippen LogP contribution in [0.5, 0.6) is 0 Å². The summed E-state index contributed by atoms with van der Waals surface area (Å²) in [5.74, 6) is -0.633. The molecule has 0 bridgehead atoms. The van der Waals surface area contributed by atoms with Crippen molar-refractivity contribution >= 4 is 40.3 Å². The van der Waals surface area contributed by atoms with Gasteiger partial charge in [0, 0.05) is 8.47 Å². The second-order valence-corrected chi connectivity index (χ2v) is 5.62. The lowest BCUT2D eigenvalue weighted by Crippen LogP contribution is -2.09. The van der Waals surface area contributed by atoms with E-state index in [1.807, 2.05) is 0 Å². The lowest BCUT2D eigenvalue weighted by molar-refractivity contribution is -0.139. The first-order valence-electron chi connectivity index (χ1n) is 4.82. The number of alkyl halides is 3. The molecule has 0 saturated heterocycles. The van der Waals surface area contributed by atoms with E-state index in [9.17, 15) is 18.0 Å². The Morgan fingerprint density at radius 2 is 2.16 bits per heavy atom. The summed E-state index contributed by atoms with van der Waals surface area (Å²) in [5, 5.41) is 8.77. The number of carbonyl (C=O) groups is 1. The Morgan fingerprint density at radius 3 is 2.63 bits per heavy atom. The number of rotatable bonds is 3. The maximum Gasteiger partial charge on any atom is 0.446 e. The van der Waals surface area contributed by atoms with Crippen molar-refractivity contribution in [3.63, 3.8) is 0 Å². The van der Waals surface area contributed by atoms with Crippen molar-refractivity contribution < 1.29 is 22.7 Å².